The Morgan fingerprint density at radius 2 is 0.745 bits per heavy atom. The summed E-state index contributed by atoms with van der Waals surface area (Å²) >= 11 is 0. The molecule has 0 N–H and O–H groups in total. The van der Waals surface area contributed by atoms with Crippen molar-refractivity contribution in [1.82, 2.24) is 0 Å². The van der Waals surface area contributed by atoms with Gasteiger partial charge in [0.15, 0.2) is 0 Å². The lowest BCUT2D eigenvalue weighted by molar-refractivity contribution is 0.669. The summed E-state index contributed by atoms with van der Waals surface area (Å²) in [5, 5.41) is -8.51. The van der Waals surface area contributed by atoms with Crippen molar-refractivity contribution < 1.29 is 45.5 Å². The van der Waals surface area contributed by atoms with Crippen molar-refractivity contribution in [3.63, 3.8) is 0 Å². The molecule has 0 aliphatic heterocycles. The summed E-state index contributed by atoms with van der Waals surface area (Å²) < 4.78 is 281. The van der Waals surface area contributed by atoms with Crippen LogP contribution in [0.25, 0.3) is 109 Å². The van der Waals surface area contributed by atoms with Crippen LogP contribution in [0.3, 0.4) is 0 Å². The summed E-state index contributed by atoms with van der Waals surface area (Å²) in [6, 6.07) is -29.2. The minimum atomic E-state index is -1.13. The Morgan fingerprint density at radius 3 is 1.41 bits per heavy atom. The number of hydrogen-bond acceptors (Lipinski definition) is 1. The van der Waals surface area contributed by atoms with E-state index in [2.05, 4.69) is 0 Å². The molecule has 10 aromatic carbocycles. The fourth-order valence-corrected chi connectivity index (χ4v) is 6.57. The molecule has 0 atom stereocenters. The zero-order valence-electron chi connectivity index (χ0n) is 55.4. The number of rotatable bonds is 3. The number of furan rings is 1. The topological polar surface area (TPSA) is 13.1 Å². The van der Waals surface area contributed by atoms with E-state index < -0.39 is 290 Å². The van der Waals surface area contributed by atoms with E-state index in [4.69, 9.17) is 26.3 Å². The van der Waals surface area contributed by atoms with Gasteiger partial charge in [-0.25, -0.2) is 0 Å². The van der Waals surface area contributed by atoms with E-state index in [-0.39, 0.29) is 0 Å². The molecule has 0 spiro atoms. The number of fused-ring (bicyclic) bond motifs is 8. The molecule has 11 aromatic rings. The zero-order valence-corrected chi connectivity index (χ0v) is 25.4. The molecule has 1 aromatic heterocycles. The Morgan fingerprint density at radius 1 is 0.294 bits per heavy atom. The first-order valence-corrected chi connectivity index (χ1v) is 15.2. The van der Waals surface area contributed by atoms with Crippen LogP contribution in [0.2, 0.25) is 0 Å². The minimum absolute atomic E-state index is 0.513. The predicted octanol–water partition coefficient (Wildman–Crippen LogP) is 14.4. The van der Waals surface area contributed by atoms with Crippen molar-refractivity contribution in [3.05, 3.63) is 181 Å². The van der Waals surface area contributed by atoms with Gasteiger partial charge in [0.05, 0.1) is 41.1 Å². The molecule has 1 heteroatoms. The number of hydrogen-bond donors (Lipinski definition) is 0. The molecular weight excluding hydrogens is 617 g/mol. The van der Waals surface area contributed by atoms with Gasteiger partial charge in [-0.05, 0) is 105 Å². The smallest absolute Gasteiger partial charge is 0.136 e. The monoisotopic (exact) mass is 676 g/mol. The summed E-state index contributed by atoms with van der Waals surface area (Å²) in [7, 11) is 0. The zero-order chi connectivity index (χ0) is 59.6. The van der Waals surface area contributed by atoms with Crippen molar-refractivity contribution in [2.24, 2.45) is 0 Å². The lowest BCUT2D eigenvalue weighted by Crippen LogP contribution is -1.93. The van der Waals surface area contributed by atoms with Gasteiger partial charge in [-0.1, -0.05) is 163 Å². The van der Waals surface area contributed by atoms with Crippen LogP contribution in [0, 0.1) is 0 Å². The first-order chi connectivity index (χ1) is 37.8. The third kappa shape index (κ3) is 4.16. The molecule has 1 heterocycles. The van der Waals surface area contributed by atoms with Crippen LogP contribution in [0.15, 0.2) is 186 Å². The van der Waals surface area contributed by atoms with Gasteiger partial charge in [0.2, 0.25) is 0 Å². The van der Waals surface area contributed by atoms with Gasteiger partial charge in [-0.3, -0.25) is 0 Å². The van der Waals surface area contributed by atoms with Crippen molar-refractivity contribution >= 4 is 75.8 Å². The predicted molar refractivity (Wildman–Crippen MR) is 218 cm³/mol. The van der Waals surface area contributed by atoms with E-state index in [0.717, 1.165) is 0 Å². The molecule has 0 fully saturated rings. The molecular formula is C50H30O. The van der Waals surface area contributed by atoms with Crippen LogP contribution in [0.5, 0.6) is 0 Å². The van der Waals surface area contributed by atoms with E-state index in [0.29, 0.717) is 0 Å². The molecule has 51 heavy (non-hydrogen) atoms. The average molecular weight is 677 g/mol. The number of benzene rings is 10. The van der Waals surface area contributed by atoms with Crippen molar-refractivity contribution in [3.8, 4) is 33.4 Å². The maximum absolute atomic E-state index is 9.86. The molecule has 1 nitrogen and oxygen atoms in total. The summed E-state index contributed by atoms with van der Waals surface area (Å²) in [5.41, 5.74) is -6.24. The van der Waals surface area contributed by atoms with Crippen molar-refractivity contribution in [2.45, 2.75) is 0 Å². The van der Waals surface area contributed by atoms with Crippen molar-refractivity contribution in [1.29, 1.82) is 0 Å². The Labute approximate surface area is 336 Å². The molecule has 0 radical (unpaired) electrons. The van der Waals surface area contributed by atoms with Gasteiger partial charge in [0.25, 0.3) is 0 Å². The second kappa shape index (κ2) is 10.9. The summed E-state index contributed by atoms with van der Waals surface area (Å²) in [6.45, 7) is 0. The average Bonchev–Trinajstić information content (AvgIpc) is 3.92. The van der Waals surface area contributed by atoms with Gasteiger partial charge < -0.3 is 4.42 Å². The van der Waals surface area contributed by atoms with Crippen LogP contribution in [-0.2, 0) is 0 Å². The fraction of sp³-hybridized carbons (Fsp3) is 0. The third-order valence-electron chi connectivity index (χ3n) is 8.64. The normalized spacial score (nSPS) is 20.2. The maximum Gasteiger partial charge on any atom is 0.136 e. The van der Waals surface area contributed by atoms with Crippen LogP contribution in [-0.4, -0.2) is 0 Å². The van der Waals surface area contributed by atoms with Crippen molar-refractivity contribution in [2.75, 3.05) is 0 Å². The van der Waals surface area contributed by atoms with E-state index in [1.165, 1.54) is 0 Å². The lowest BCUT2D eigenvalue weighted by atomic mass is 9.82. The highest BCUT2D eigenvalue weighted by Gasteiger charge is 2.21. The van der Waals surface area contributed by atoms with Crippen LogP contribution < -0.4 is 0 Å². The summed E-state index contributed by atoms with van der Waals surface area (Å²) in [4.78, 5) is 0. The van der Waals surface area contributed by atoms with Crippen LogP contribution in [0.4, 0.5) is 0 Å². The van der Waals surface area contributed by atoms with E-state index in [9.17, 15) is 19.2 Å². The van der Waals surface area contributed by atoms with E-state index in [1.807, 2.05) is 0 Å². The SMILES string of the molecule is [2H]c1c([2H])c(-c2c([2H])c([2H])c([2H])c3c([2H])c([2H])c([2H])c(-c4c5c([2H])c([2H])c([2H])c([2H])c5c(-c5c([2H])c([2H])c([2H])c6c([2H])c([2H])c([2H])c([2H])c56)c5c([2H])c([2H])c([2H])c([2H])c45)c23)c2c(oc3c([2H])c4c([2H])c([2H])c([2H])c([2H])c4c([2H])c32)c1[2H]. The second-order valence-corrected chi connectivity index (χ2v) is 11.3. The first kappa shape index (κ1) is 11.7. The quantitative estimate of drug-likeness (QED) is 0.170. The van der Waals surface area contributed by atoms with Gasteiger partial charge in [-0.15, -0.1) is 0 Å². The van der Waals surface area contributed by atoms with Crippen LogP contribution in [0.1, 0.15) is 41.1 Å². The largest absolute Gasteiger partial charge is 0.456 e. The standard InChI is InChI=1S/C50H30O/c1-2-15-34-30-46-44(29-33(34)14-1)50-42(26-12-28-45(50)51-46)37-25-10-17-32-18-11-27-43(47(32)37)49-40-22-7-5-20-38(40)48(39-21-6-8-23-41(39)49)36-24-9-16-31-13-3-4-19-35(31)36/h1-30H/i1D,2D,3D,4D,5D,6D,7D,8D,9D,10D,11D,12D,13D,14D,15D,16D,17D,18D,19D,20D,21D,22D,23D,24D,25D,26D,27D,28D,29D,30D. The molecule has 236 valence electrons. The van der Waals surface area contributed by atoms with Gasteiger partial charge in [0, 0.05) is 10.8 Å². The molecule has 0 saturated heterocycles. The third-order valence-corrected chi connectivity index (χ3v) is 8.64. The van der Waals surface area contributed by atoms with Gasteiger partial charge in [0.1, 0.15) is 11.2 Å². The highest BCUT2D eigenvalue weighted by molar-refractivity contribution is 6.27. The minimum Gasteiger partial charge on any atom is -0.456 e. The van der Waals surface area contributed by atoms with E-state index in [1.54, 1.807) is 0 Å². The summed E-state index contributed by atoms with van der Waals surface area (Å²) in [5.74, 6) is 0. The Hall–Kier alpha value is -6.70. The fourth-order valence-electron chi connectivity index (χ4n) is 6.57. The molecule has 0 unspecified atom stereocenters. The molecule has 0 aliphatic carbocycles. The first-order valence-electron chi connectivity index (χ1n) is 30.2. The molecule has 0 aliphatic rings. The van der Waals surface area contributed by atoms with Gasteiger partial charge >= 0.3 is 0 Å². The summed E-state index contributed by atoms with van der Waals surface area (Å²) in [6.07, 6.45) is 0. The van der Waals surface area contributed by atoms with Gasteiger partial charge in [-0.2, -0.15) is 0 Å². The Kier molecular flexibility index (Phi) is 2.50. The van der Waals surface area contributed by atoms with Crippen LogP contribution >= 0.6 is 0 Å². The lowest BCUT2D eigenvalue weighted by Gasteiger charge is -2.20. The Bertz CT molecular complexity index is 4830. The highest BCUT2D eigenvalue weighted by atomic mass is 16.3. The molecule has 11 rings (SSSR count). The second-order valence-electron chi connectivity index (χ2n) is 11.3. The maximum atomic E-state index is 9.86. The molecule has 0 amide bonds. The highest BCUT2D eigenvalue weighted by Crippen LogP contribution is 2.49. The van der Waals surface area contributed by atoms with E-state index >= 15 is 0 Å². The molecule has 0 bridgehead atoms. The Balaban J connectivity index is 1.51. The molecule has 0 saturated carbocycles.